The molecule has 0 amide bonds. The average Bonchev–Trinajstić information content (AvgIpc) is 1.36. The van der Waals surface area contributed by atoms with E-state index in [1.807, 2.05) is 0 Å². The van der Waals surface area contributed by atoms with E-state index in [-0.39, 0.29) is 24.4 Å². The van der Waals surface area contributed by atoms with E-state index < -0.39 is 5.97 Å². The van der Waals surface area contributed by atoms with Crippen LogP contribution in [-0.4, -0.2) is 11.1 Å². The third-order valence-corrected chi connectivity index (χ3v) is 0.438. The van der Waals surface area contributed by atoms with Gasteiger partial charge in [0, 0.05) is 19.5 Å². The van der Waals surface area contributed by atoms with Crippen molar-refractivity contribution in [2.75, 3.05) is 0 Å². The first-order valence-electron chi connectivity index (χ1n) is 1.25. The first kappa shape index (κ1) is 10.2. The van der Waals surface area contributed by atoms with E-state index in [1.165, 1.54) is 0 Å². The van der Waals surface area contributed by atoms with Gasteiger partial charge in [-0.05, 0) is 0 Å². The van der Waals surface area contributed by atoms with Crippen molar-refractivity contribution in [3.05, 3.63) is 11.5 Å². The van der Waals surface area contributed by atoms with Crippen molar-refractivity contribution in [2.45, 2.75) is 0 Å². The fourth-order valence-electron chi connectivity index (χ4n) is 0. The predicted molar refractivity (Wildman–Crippen MR) is 25.8 cm³/mol. The Morgan fingerprint density at radius 2 is 1.86 bits per heavy atom. The van der Waals surface area contributed by atoms with Gasteiger partial charge in [-0.15, -0.1) is 12.6 Å². The van der Waals surface area contributed by atoms with Crippen LogP contribution in [0.5, 0.6) is 0 Å². The van der Waals surface area contributed by atoms with Gasteiger partial charge in [-0.1, -0.05) is 6.58 Å². The molecule has 0 aromatic rings. The van der Waals surface area contributed by atoms with Gasteiger partial charge in [0.2, 0.25) is 0 Å². The molecule has 0 aliphatic rings. The average molecular weight is 170 g/mol. The first-order chi connectivity index (χ1) is 2.64. The van der Waals surface area contributed by atoms with Crippen LogP contribution in [0.15, 0.2) is 11.5 Å². The predicted octanol–water partition coefficient (Wildman–Crippen LogP) is 0.512. The van der Waals surface area contributed by atoms with E-state index in [9.17, 15) is 4.79 Å². The van der Waals surface area contributed by atoms with Crippen LogP contribution in [-0.2, 0) is 24.3 Å². The van der Waals surface area contributed by atoms with E-state index in [4.69, 9.17) is 5.11 Å². The smallest absolute Gasteiger partial charge is 0.341 e. The minimum absolute atomic E-state index is 0. The normalized spacial score (nSPS) is 6.43. The van der Waals surface area contributed by atoms with Gasteiger partial charge in [0.25, 0.3) is 0 Å². The third-order valence-electron chi connectivity index (χ3n) is 0.247. The molecule has 1 N–H and O–H groups in total. The molecule has 0 fully saturated rings. The zero-order valence-corrected chi connectivity index (χ0v) is 7.58. The molecule has 0 aromatic carbocycles. The minimum atomic E-state index is -1.07. The molecule has 0 aromatic heterocycles. The van der Waals surface area contributed by atoms with Crippen LogP contribution < -0.4 is 0 Å². The Bertz CT molecular complexity index is 78.9. The van der Waals surface area contributed by atoms with Crippen LogP contribution in [0.2, 0.25) is 0 Å². The van der Waals surface area contributed by atoms with Crippen molar-refractivity contribution in [1.82, 2.24) is 0 Å². The third kappa shape index (κ3) is 6.18. The second-order valence-electron chi connectivity index (χ2n) is 0.752. The van der Waals surface area contributed by atoms with Crippen molar-refractivity contribution in [2.24, 2.45) is 0 Å². The van der Waals surface area contributed by atoms with Crippen LogP contribution in [0, 0.1) is 0 Å². The summed E-state index contributed by atoms with van der Waals surface area (Å²) >= 11 is 3.40. The number of hydrogen-bond acceptors (Lipinski definition) is 2. The fraction of sp³-hybridized carbons (Fsp3) is 0. The summed E-state index contributed by atoms with van der Waals surface area (Å²) in [4.78, 5) is 9.39. The van der Waals surface area contributed by atoms with Gasteiger partial charge in [0.1, 0.15) is 0 Å². The Morgan fingerprint density at radius 1 is 1.71 bits per heavy atom. The summed E-state index contributed by atoms with van der Waals surface area (Å²) in [6, 6.07) is 0. The number of aliphatic carboxylic acids is 1. The van der Waals surface area contributed by atoms with Gasteiger partial charge in [-0.3, -0.25) is 0 Å². The van der Waals surface area contributed by atoms with Gasteiger partial charge < -0.3 is 5.11 Å². The Hall–Kier alpha value is 0.183. The summed E-state index contributed by atoms with van der Waals surface area (Å²) in [7, 11) is 0. The Labute approximate surface area is 59.8 Å². The minimum Gasteiger partial charge on any atom is -0.477 e. The largest absolute Gasteiger partial charge is 0.477 e. The van der Waals surface area contributed by atoms with Gasteiger partial charge in [0.05, 0.1) is 4.91 Å². The molecule has 0 saturated heterocycles. The molecule has 0 bridgehead atoms. The molecule has 0 rings (SSSR count). The maximum absolute atomic E-state index is 9.52. The Kier molecular flexibility index (Phi) is 6.35. The molecular weight excluding hydrogens is 165 g/mol. The molecule has 0 unspecified atom stereocenters. The molecule has 7 heavy (non-hydrogen) atoms. The quantitative estimate of drug-likeness (QED) is 0.341. The standard InChI is InChI=1S/C3H4O2S.Zn/c1-2(6)3(4)5;/h6H,1H2,(H,4,5);. The first-order valence-corrected chi connectivity index (χ1v) is 1.70. The van der Waals surface area contributed by atoms with Gasteiger partial charge in [0.15, 0.2) is 0 Å². The number of carbonyl (C=O) groups is 1. The maximum atomic E-state index is 9.52. The molecule has 2 nitrogen and oxygen atoms in total. The summed E-state index contributed by atoms with van der Waals surface area (Å²) in [5, 5.41) is 7.81. The number of carboxylic acid groups (broad SMARTS) is 1. The van der Waals surface area contributed by atoms with Crippen LogP contribution in [0.1, 0.15) is 0 Å². The van der Waals surface area contributed by atoms with Crippen molar-refractivity contribution >= 4 is 18.6 Å². The molecule has 0 heterocycles. The molecule has 0 spiro atoms. The molecule has 36 valence electrons. The topological polar surface area (TPSA) is 37.3 Å². The van der Waals surface area contributed by atoms with Gasteiger partial charge in [-0.2, -0.15) is 0 Å². The van der Waals surface area contributed by atoms with E-state index in [0.29, 0.717) is 0 Å². The zero-order valence-electron chi connectivity index (χ0n) is 3.72. The molecule has 0 saturated carbocycles. The maximum Gasteiger partial charge on any atom is 0.341 e. The summed E-state index contributed by atoms with van der Waals surface area (Å²) in [6.07, 6.45) is 0. The molecule has 0 aliphatic carbocycles. The van der Waals surface area contributed by atoms with Crippen LogP contribution in [0.4, 0.5) is 0 Å². The SMILES string of the molecule is C=C(S)C(=O)O.[Zn]. The number of carboxylic acids is 1. The van der Waals surface area contributed by atoms with Crippen molar-refractivity contribution in [1.29, 1.82) is 0 Å². The van der Waals surface area contributed by atoms with Crippen molar-refractivity contribution in [3.8, 4) is 0 Å². The van der Waals surface area contributed by atoms with Crippen LogP contribution in [0.25, 0.3) is 0 Å². The van der Waals surface area contributed by atoms with Crippen molar-refractivity contribution in [3.63, 3.8) is 0 Å². The fourth-order valence-corrected chi connectivity index (χ4v) is 0. The molecule has 0 aliphatic heterocycles. The second-order valence-corrected chi connectivity index (χ2v) is 1.29. The number of thiol groups is 1. The number of hydrogen-bond donors (Lipinski definition) is 2. The van der Waals surface area contributed by atoms with Gasteiger partial charge in [-0.25, -0.2) is 4.79 Å². The van der Waals surface area contributed by atoms with E-state index >= 15 is 0 Å². The summed E-state index contributed by atoms with van der Waals surface area (Å²) in [5.41, 5.74) is 0. The molecule has 0 radical (unpaired) electrons. The summed E-state index contributed by atoms with van der Waals surface area (Å²) < 4.78 is 0. The van der Waals surface area contributed by atoms with E-state index in [2.05, 4.69) is 19.2 Å². The molecular formula is C3H4O2SZn. The summed E-state index contributed by atoms with van der Waals surface area (Å²) in [6.45, 7) is 3.02. The summed E-state index contributed by atoms with van der Waals surface area (Å²) in [5.74, 6) is -1.07. The Morgan fingerprint density at radius 3 is 1.86 bits per heavy atom. The van der Waals surface area contributed by atoms with Crippen molar-refractivity contribution < 1.29 is 29.4 Å². The van der Waals surface area contributed by atoms with E-state index in [0.717, 1.165) is 0 Å². The monoisotopic (exact) mass is 168 g/mol. The van der Waals surface area contributed by atoms with Gasteiger partial charge >= 0.3 is 5.97 Å². The molecule has 4 heteroatoms. The van der Waals surface area contributed by atoms with Crippen LogP contribution >= 0.6 is 12.6 Å². The van der Waals surface area contributed by atoms with E-state index in [1.54, 1.807) is 0 Å². The zero-order chi connectivity index (χ0) is 5.15. The molecule has 0 atom stereocenters. The Balaban J connectivity index is 0. The van der Waals surface area contributed by atoms with Crippen LogP contribution in [0.3, 0.4) is 0 Å². The number of rotatable bonds is 1. The second kappa shape index (κ2) is 4.35.